The van der Waals surface area contributed by atoms with E-state index in [1.54, 1.807) is 0 Å². The van der Waals surface area contributed by atoms with Gasteiger partial charge in [-0.05, 0) is 24.0 Å². The fourth-order valence-electron chi connectivity index (χ4n) is 2.23. The van der Waals surface area contributed by atoms with Crippen LogP contribution in [-0.4, -0.2) is 24.4 Å². The second-order valence-corrected chi connectivity index (χ2v) is 4.75. The number of methoxy groups -OCH3 is 1. The van der Waals surface area contributed by atoms with Crippen LogP contribution in [0.15, 0.2) is 18.2 Å². The molecule has 0 heterocycles. The molecule has 0 saturated heterocycles. The third-order valence-electron chi connectivity index (χ3n) is 3.31. The molecule has 0 bridgehead atoms. The zero-order valence-corrected chi connectivity index (χ0v) is 11.8. The summed E-state index contributed by atoms with van der Waals surface area (Å²) in [5.74, 6) is -1.25. The lowest BCUT2D eigenvalue weighted by molar-refractivity contribution is -0.215. The first kappa shape index (κ1) is 17.3. The minimum atomic E-state index is -4.56. The minimum absolute atomic E-state index is 0.0551. The summed E-state index contributed by atoms with van der Waals surface area (Å²) in [4.78, 5) is 10.8. The molecule has 0 aromatic heterocycles. The number of alkyl halides is 3. The summed E-state index contributed by atoms with van der Waals surface area (Å²) >= 11 is 0. The number of carboxylic acids is 1. The van der Waals surface area contributed by atoms with Crippen molar-refractivity contribution < 1.29 is 27.8 Å². The Morgan fingerprint density at radius 3 is 2.43 bits per heavy atom. The third-order valence-corrected chi connectivity index (χ3v) is 3.31. The van der Waals surface area contributed by atoms with Crippen molar-refractivity contribution in [1.82, 2.24) is 0 Å². The van der Waals surface area contributed by atoms with Crippen LogP contribution in [0.2, 0.25) is 0 Å². The zero-order chi connectivity index (χ0) is 16.2. The number of carboxylic acid groups (broad SMARTS) is 1. The van der Waals surface area contributed by atoms with Gasteiger partial charge in [-0.15, -0.1) is 0 Å². The summed E-state index contributed by atoms with van der Waals surface area (Å²) in [6, 6.07) is 4.11. The van der Waals surface area contributed by atoms with Gasteiger partial charge in [-0.2, -0.15) is 13.2 Å². The number of hydrogen-bond acceptors (Lipinski definition) is 3. The molecule has 1 aromatic rings. The van der Waals surface area contributed by atoms with Gasteiger partial charge in [0.1, 0.15) is 0 Å². The van der Waals surface area contributed by atoms with Crippen LogP contribution in [0, 0.1) is 0 Å². The maximum Gasteiger partial charge on any atom is 0.418 e. The number of aliphatic carboxylic acids is 1. The van der Waals surface area contributed by atoms with Gasteiger partial charge in [-0.25, -0.2) is 0 Å². The molecule has 1 rings (SSSR count). The third kappa shape index (κ3) is 4.35. The molecule has 118 valence electrons. The summed E-state index contributed by atoms with van der Waals surface area (Å²) in [7, 11) is 0.963. The van der Waals surface area contributed by atoms with Crippen molar-refractivity contribution in [3.63, 3.8) is 0 Å². The smallest absolute Gasteiger partial charge is 0.418 e. The molecule has 0 aliphatic rings. The van der Waals surface area contributed by atoms with E-state index in [2.05, 4.69) is 4.74 Å². The van der Waals surface area contributed by atoms with Crippen LogP contribution in [0.3, 0.4) is 0 Å². The quantitative estimate of drug-likeness (QED) is 0.789. The van der Waals surface area contributed by atoms with Gasteiger partial charge < -0.3 is 15.6 Å². The first-order valence-corrected chi connectivity index (χ1v) is 6.41. The van der Waals surface area contributed by atoms with Crippen molar-refractivity contribution >= 4 is 11.7 Å². The molecule has 3 N–H and O–H groups in total. The fourth-order valence-corrected chi connectivity index (χ4v) is 2.23. The molecule has 1 aromatic carbocycles. The molecular weight excluding hydrogens is 287 g/mol. The van der Waals surface area contributed by atoms with Crippen molar-refractivity contribution in [1.29, 1.82) is 0 Å². The molecule has 0 aliphatic heterocycles. The molecule has 4 nitrogen and oxygen atoms in total. The van der Waals surface area contributed by atoms with Gasteiger partial charge in [-0.3, -0.25) is 4.79 Å². The van der Waals surface area contributed by atoms with Gasteiger partial charge in [0.25, 0.3) is 0 Å². The van der Waals surface area contributed by atoms with E-state index in [1.807, 2.05) is 6.92 Å². The molecule has 0 saturated carbocycles. The van der Waals surface area contributed by atoms with Crippen molar-refractivity contribution in [2.24, 2.45) is 0 Å². The lowest BCUT2D eigenvalue weighted by Crippen LogP contribution is -2.23. The van der Waals surface area contributed by atoms with Gasteiger partial charge >= 0.3 is 12.1 Å². The van der Waals surface area contributed by atoms with E-state index in [-0.39, 0.29) is 23.6 Å². The van der Waals surface area contributed by atoms with Crippen LogP contribution in [0.5, 0.6) is 0 Å². The van der Waals surface area contributed by atoms with E-state index in [9.17, 15) is 18.0 Å². The molecule has 7 heteroatoms. The Balaban J connectivity index is 3.12. The number of rotatable bonds is 6. The maximum atomic E-state index is 12.8. The number of nitrogen functional groups attached to an aromatic ring is 1. The van der Waals surface area contributed by atoms with E-state index in [0.29, 0.717) is 12.0 Å². The van der Waals surface area contributed by atoms with Crippen LogP contribution in [0.25, 0.3) is 0 Å². The minimum Gasteiger partial charge on any atom is -0.481 e. The lowest BCUT2D eigenvalue weighted by atomic mass is 9.91. The van der Waals surface area contributed by atoms with Gasteiger partial charge in [0.15, 0.2) is 6.10 Å². The molecule has 0 spiro atoms. The fraction of sp³-hybridized carbons (Fsp3) is 0.500. The highest BCUT2D eigenvalue weighted by Crippen LogP contribution is 2.39. The van der Waals surface area contributed by atoms with Gasteiger partial charge in [0.2, 0.25) is 0 Å². The predicted octanol–water partition coefficient (Wildman–Crippen LogP) is 3.49. The Hall–Kier alpha value is -1.76. The molecule has 0 aliphatic carbocycles. The molecule has 2 atom stereocenters. The van der Waals surface area contributed by atoms with Crippen LogP contribution in [0.1, 0.15) is 42.9 Å². The van der Waals surface area contributed by atoms with Crippen LogP contribution in [0.4, 0.5) is 18.9 Å². The van der Waals surface area contributed by atoms with Crippen molar-refractivity contribution in [3.8, 4) is 0 Å². The Bertz CT molecular complexity index is 503. The number of anilines is 1. The monoisotopic (exact) mass is 305 g/mol. The van der Waals surface area contributed by atoms with Gasteiger partial charge in [0, 0.05) is 18.4 Å². The number of carbonyl (C=O) groups is 1. The normalized spacial score (nSPS) is 14.7. The predicted molar refractivity (Wildman–Crippen MR) is 71.9 cm³/mol. The molecule has 0 unspecified atom stereocenters. The Morgan fingerprint density at radius 2 is 2.05 bits per heavy atom. The first-order chi connectivity index (χ1) is 9.70. The van der Waals surface area contributed by atoms with Crippen molar-refractivity contribution in [3.05, 3.63) is 29.3 Å². The molecule has 21 heavy (non-hydrogen) atoms. The SMILES string of the molecule is CC[C@@H](CC(=O)O)c1ccc([C@@H](OC)C(F)(F)F)c(N)c1. The largest absolute Gasteiger partial charge is 0.481 e. The van der Waals surface area contributed by atoms with Crippen LogP contribution < -0.4 is 5.73 Å². The van der Waals surface area contributed by atoms with E-state index in [4.69, 9.17) is 10.8 Å². The van der Waals surface area contributed by atoms with Gasteiger partial charge in [0.05, 0.1) is 6.42 Å². The summed E-state index contributed by atoms with van der Waals surface area (Å²) in [6.07, 6.45) is -6.19. The molecule has 0 fully saturated rings. The Morgan fingerprint density at radius 1 is 1.43 bits per heavy atom. The zero-order valence-electron chi connectivity index (χ0n) is 11.8. The van der Waals surface area contributed by atoms with Crippen molar-refractivity contribution in [2.45, 2.75) is 38.0 Å². The summed E-state index contributed by atoms with van der Waals surface area (Å²) in [5.41, 5.74) is 6.08. The number of halogens is 3. The van der Waals surface area contributed by atoms with Gasteiger partial charge in [-0.1, -0.05) is 19.1 Å². The van der Waals surface area contributed by atoms with E-state index in [1.165, 1.54) is 18.2 Å². The highest BCUT2D eigenvalue weighted by atomic mass is 19.4. The maximum absolute atomic E-state index is 12.8. The second-order valence-electron chi connectivity index (χ2n) is 4.75. The number of ether oxygens (including phenoxy) is 1. The lowest BCUT2D eigenvalue weighted by Gasteiger charge is -2.22. The second kappa shape index (κ2) is 6.80. The van der Waals surface area contributed by atoms with E-state index < -0.39 is 18.2 Å². The topological polar surface area (TPSA) is 72.5 Å². The summed E-state index contributed by atoms with van der Waals surface area (Å²) in [6.45, 7) is 1.81. The average Bonchev–Trinajstić information content (AvgIpc) is 2.36. The van der Waals surface area contributed by atoms with E-state index >= 15 is 0 Å². The standard InChI is InChI=1S/C14H18F3NO3/c1-3-8(7-12(19)20)9-4-5-10(11(18)6-9)13(21-2)14(15,16)17/h4-6,8,13H,3,7,18H2,1-2H3,(H,19,20)/t8-,13+/m0/s1. The number of benzene rings is 1. The summed E-state index contributed by atoms with van der Waals surface area (Å²) < 4.78 is 42.9. The number of nitrogens with two attached hydrogens (primary N) is 1. The molecular formula is C14H18F3NO3. The molecule has 0 amide bonds. The average molecular weight is 305 g/mol. The Labute approximate surface area is 120 Å². The number of hydrogen-bond donors (Lipinski definition) is 2. The summed E-state index contributed by atoms with van der Waals surface area (Å²) in [5, 5.41) is 8.83. The highest BCUT2D eigenvalue weighted by molar-refractivity contribution is 5.68. The molecule has 0 radical (unpaired) electrons. The van der Waals surface area contributed by atoms with Crippen LogP contribution >= 0.6 is 0 Å². The highest BCUT2D eigenvalue weighted by Gasteiger charge is 2.42. The van der Waals surface area contributed by atoms with Crippen LogP contribution in [-0.2, 0) is 9.53 Å². The first-order valence-electron chi connectivity index (χ1n) is 6.41. The Kier molecular flexibility index (Phi) is 5.60. The van der Waals surface area contributed by atoms with Crippen molar-refractivity contribution in [2.75, 3.05) is 12.8 Å². The van der Waals surface area contributed by atoms with E-state index in [0.717, 1.165) is 7.11 Å².